The fourth-order valence-corrected chi connectivity index (χ4v) is 4.73. The summed E-state index contributed by atoms with van der Waals surface area (Å²) in [4.78, 5) is 41.6. The van der Waals surface area contributed by atoms with E-state index in [1.165, 1.54) is 17.9 Å². The van der Waals surface area contributed by atoms with Gasteiger partial charge in [-0.25, -0.2) is 0 Å². The second-order valence-corrected chi connectivity index (χ2v) is 9.26. The molecule has 5 rings (SSSR count). The zero-order valence-electron chi connectivity index (χ0n) is 20.8. The van der Waals surface area contributed by atoms with E-state index in [4.69, 9.17) is 25.5 Å². The second kappa shape index (κ2) is 10.6. The van der Waals surface area contributed by atoms with Gasteiger partial charge < -0.3 is 13.9 Å². The zero-order chi connectivity index (χ0) is 26.8. The number of benzene rings is 3. The Morgan fingerprint density at radius 3 is 2.55 bits per heavy atom. The van der Waals surface area contributed by atoms with Gasteiger partial charge in [0.25, 0.3) is 11.8 Å². The lowest BCUT2D eigenvalue weighted by molar-refractivity contribution is -0.141. The Morgan fingerprint density at radius 1 is 1.03 bits per heavy atom. The SMILES string of the molecule is CC(=O)OCCOc1ccc(C(=O)N2c3ccccc3CN(c3cc4ccccc4o3)C(=O)C2C)c(Cl)c1. The molecule has 38 heavy (non-hydrogen) atoms. The maximum absolute atomic E-state index is 13.9. The van der Waals surface area contributed by atoms with E-state index >= 15 is 0 Å². The quantitative estimate of drug-likeness (QED) is 0.237. The van der Waals surface area contributed by atoms with Crippen molar-refractivity contribution in [2.24, 2.45) is 0 Å². The smallest absolute Gasteiger partial charge is 0.302 e. The molecule has 2 heterocycles. The Hall–Kier alpha value is -4.30. The molecule has 1 unspecified atom stereocenters. The highest BCUT2D eigenvalue weighted by Crippen LogP contribution is 2.35. The van der Waals surface area contributed by atoms with Crippen molar-refractivity contribution in [2.45, 2.75) is 26.4 Å². The van der Waals surface area contributed by atoms with Crippen molar-refractivity contribution in [3.63, 3.8) is 0 Å². The fraction of sp³-hybridized carbons (Fsp3) is 0.207. The molecule has 1 aromatic heterocycles. The summed E-state index contributed by atoms with van der Waals surface area (Å²) in [6, 6.07) is 20.6. The van der Waals surface area contributed by atoms with Gasteiger partial charge in [0.15, 0.2) is 0 Å². The second-order valence-electron chi connectivity index (χ2n) is 8.86. The first-order valence-electron chi connectivity index (χ1n) is 12.1. The van der Waals surface area contributed by atoms with Crippen LogP contribution in [0.2, 0.25) is 5.02 Å². The largest absolute Gasteiger partial charge is 0.490 e. The van der Waals surface area contributed by atoms with Crippen LogP contribution in [0.1, 0.15) is 29.8 Å². The number of rotatable bonds is 6. The maximum Gasteiger partial charge on any atom is 0.302 e. The van der Waals surface area contributed by atoms with Gasteiger partial charge in [0.1, 0.15) is 30.6 Å². The van der Waals surface area contributed by atoms with Crippen LogP contribution < -0.4 is 14.5 Å². The van der Waals surface area contributed by atoms with Crippen molar-refractivity contribution >= 4 is 51.9 Å². The van der Waals surface area contributed by atoms with Crippen LogP contribution in [0, 0.1) is 0 Å². The average molecular weight is 533 g/mol. The summed E-state index contributed by atoms with van der Waals surface area (Å²) < 4.78 is 16.4. The molecule has 0 spiro atoms. The number of anilines is 2. The number of hydrogen-bond donors (Lipinski definition) is 0. The molecule has 0 N–H and O–H groups in total. The maximum atomic E-state index is 13.9. The number of amides is 2. The lowest BCUT2D eigenvalue weighted by Crippen LogP contribution is -2.47. The number of nitrogens with zero attached hydrogens (tertiary/aromatic N) is 2. The Bertz CT molecular complexity index is 1500. The molecule has 1 aliphatic heterocycles. The molecule has 0 aliphatic carbocycles. The average Bonchev–Trinajstić information content (AvgIpc) is 3.29. The Morgan fingerprint density at radius 2 is 1.79 bits per heavy atom. The predicted molar refractivity (Wildman–Crippen MR) is 144 cm³/mol. The molecule has 0 bridgehead atoms. The molecule has 0 saturated heterocycles. The van der Waals surface area contributed by atoms with Gasteiger partial charge in [0.2, 0.25) is 5.88 Å². The van der Waals surface area contributed by atoms with E-state index in [1.807, 2.05) is 54.6 Å². The van der Waals surface area contributed by atoms with E-state index in [0.29, 0.717) is 22.9 Å². The molecule has 0 radical (unpaired) electrons. The van der Waals surface area contributed by atoms with Gasteiger partial charge in [-0.3, -0.25) is 24.2 Å². The van der Waals surface area contributed by atoms with Crippen molar-refractivity contribution in [3.8, 4) is 5.75 Å². The molecule has 0 saturated carbocycles. The summed E-state index contributed by atoms with van der Waals surface area (Å²) >= 11 is 6.51. The lowest BCUT2D eigenvalue weighted by Gasteiger charge is -2.28. The standard InChI is InChI=1S/C29H25ClN2O6/c1-18-28(34)31(27-15-20-7-4-6-10-26(20)38-27)17-21-8-3-5-9-25(21)32(18)29(35)23-12-11-22(16-24(23)30)37-14-13-36-19(2)33/h3-12,15-16,18H,13-14,17H2,1-2H3. The fourth-order valence-electron chi connectivity index (χ4n) is 4.48. The Balaban J connectivity index is 1.45. The van der Waals surface area contributed by atoms with E-state index in [2.05, 4.69) is 0 Å². The molecule has 9 heteroatoms. The van der Waals surface area contributed by atoms with Crippen molar-refractivity contribution < 1.29 is 28.3 Å². The van der Waals surface area contributed by atoms with Crippen LogP contribution in [-0.4, -0.2) is 37.0 Å². The van der Waals surface area contributed by atoms with E-state index < -0.39 is 17.9 Å². The number of carbonyl (C=O) groups is 3. The molecular weight excluding hydrogens is 508 g/mol. The molecule has 8 nitrogen and oxygen atoms in total. The highest BCUT2D eigenvalue weighted by molar-refractivity contribution is 6.35. The Labute approximate surface area is 224 Å². The zero-order valence-corrected chi connectivity index (χ0v) is 21.6. The van der Waals surface area contributed by atoms with E-state index in [0.717, 1.165) is 10.9 Å². The first-order chi connectivity index (χ1) is 18.3. The number of esters is 1. The van der Waals surface area contributed by atoms with Gasteiger partial charge in [0, 0.05) is 24.1 Å². The van der Waals surface area contributed by atoms with Crippen molar-refractivity contribution in [1.82, 2.24) is 0 Å². The van der Waals surface area contributed by atoms with Gasteiger partial charge in [-0.05, 0) is 42.8 Å². The summed E-state index contributed by atoms with van der Waals surface area (Å²) in [6.45, 7) is 3.50. The number of fused-ring (bicyclic) bond motifs is 2. The molecular formula is C29H25ClN2O6. The van der Waals surface area contributed by atoms with Gasteiger partial charge in [0.05, 0.1) is 17.1 Å². The molecule has 194 valence electrons. The summed E-state index contributed by atoms with van der Waals surface area (Å²) in [5.74, 6) is -0.250. The molecule has 2 amide bonds. The number of hydrogen-bond acceptors (Lipinski definition) is 6. The van der Waals surface area contributed by atoms with Crippen LogP contribution in [0.15, 0.2) is 77.2 Å². The van der Waals surface area contributed by atoms with Crippen molar-refractivity contribution in [1.29, 1.82) is 0 Å². The summed E-state index contributed by atoms with van der Waals surface area (Å²) in [6.07, 6.45) is 0. The lowest BCUT2D eigenvalue weighted by atomic mass is 10.1. The van der Waals surface area contributed by atoms with Gasteiger partial charge >= 0.3 is 5.97 Å². The van der Waals surface area contributed by atoms with Gasteiger partial charge in [-0.15, -0.1) is 0 Å². The predicted octanol–water partition coefficient (Wildman–Crippen LogP) is 5.61. The highest BCUT2D eigenvalue weighted by Gasteiger charge is 2.38. The molecule has 1 aliphatic rings. The van der Waals surface area contributed by atoms with Crippen molar-refractivity contribution in [2.75, 3.05) is 23.0 Å². The van der Waals surface area contributed by atoms with E-state index in [1.54, 1.807) is 24.0 Å². The van der Waals surface area contributed by atoms with Crippen LogP contribution in [0.3, 0.4) is 0 Å². The summed E-state index contributed by atoms with van der Waals surface area (Å²) in [5.41, 5.74) is 2.32. The van der Waals surface area contributed by atoms with Gasteiger partial charge in [-0.1, -0.05) is 48.0 Å². The molecule has 0 fully saturated rings. The Kier molecular flexibility index (Phi) is 7.07. The first-order valence-corrected chi connectivity index (χ1v) is 12.5. The van der Waals surface area contributed by atoms with Crippen molar-refractivity contribution in [3.05, 3.63) is 88.9 Å². The minimum Gasteiger partial charge on any atom is -0.490 e. The third-order valence-electron chi connectivity index (χ3n) is 6.32. The molecule has 4 aromatic rings. The number of halogens is 1. The van der Waals surface area contributed by atoms with Gasteiger partial charge in [-0.2, -0.15) is 0 Å². The number of furan rings is 1. The summed E-state index contributed by atoms with van der Waals surface area (Å²) in [5, 5.41) is 1.06. The molecule has 3 aromatic carbocycles. The van der Waals surface area contributed by atoms with Crippen LogP contribution in [0.25, 0.3) is 11.0 Å². The highest BCUT2D eigenvalue weighted by atomic mass is 35.5. The number of ether oxygens (including phenoxy) is 2. The van der Waals surface area contributed by atoms with E-state index in [9.17, 15) is 14.4 Å². The van der Waals surface area contributed by atoms with Crippen LogP contribution in [0.4, 0.5) is 11.6 Å². The van der Waals surface area contributed by atoms with Crippen LogP contribution >= 0.6 is 11.6 Å². The third-order valence-corrected chi connectivity index (χ3v) is 6.63. The molecule has 1 atom stereocenters. The van der Waals surface area contributed by atoms with Crippen LogP contribution in [-0.2, 0) is 20.9 Å². The topological polar surface area (TPSA) is 89.3 Å². The van der Waals surface area contributed by atoms with E-state index in [-0.39, 0.29) is 36.3 Å². The normalized spacial score (nSPS) is 15.2. The summed E-state index contributed by atoms with van der Waals surface area (Å²) in [7, 11) is 0. The minimum atomic E-state index is -0.838. The number of para-hydroxylation sites is 2. The third kappa shape index (κ3) is 4.95. The van der Waals surface area contributed by atoms with Crippen LogP contribution in [0.5, 0.6) is 5.75 Å². The minimum absolute atomic E-state index is 0.0968. The monoisotopic (exact) mass is 532 g/mol. The number of carbonyl (C=O) groups excluding carboxylic acids is 3. The first kappa shape index (κ1) is 25.4.